The highest BCUT2D eigenvalue weighted by molar-refractivity contribution is 7.91. The van der Waals surface area contributed by atoms with Crippen LogP contribution in [-0.4, -0.2) is 24.5 Å². The highest BCUT2D eigenvalue weighted by atomic mass is 32.2. The van der Waals surface area contributed by atoms with Crippen molar-refractivity contribution in [3.63, 3.8) is 0 Å². The van der Waals surface area contributed by atoms with Crippen molar-refractivity contribution < 1.29 is 17.6 Å². The minimum absolute atomic E-state index is 0.000183. The molecule has 1 aromatic carbocycles. The van der Waals surface area contributed by atoms with E-state index in [0.717, 1.165) is 16.9 Å². The normalized spacial score (nSPS) is 11.4. The number of amides is 1. The molecule has 0 aliphatic rings. The highest BCUT2D eigenvalue weighted by Gasteiger charge is 2.21. The van der Waals surface area contributed by atoms with Crippen LogP contribution in [0, 0.1) is 6.92 Å². The summed E-state index contributed by atoms with van der Waals surface area (Å²) in [5, 5.41) is 10.0. The van der Waals surface area contributed by atoms with E-state index in [0.29, 0.717) is 11.3 Å². The molecule has 0 unspecified atom stereocenters. The van der Waals surface area contributed by atoms with E-state index in [-0.39, 0.29) is 21.9 Å². The molecule has 0 saturated heterocycles. The third-order valence-corrected chi connectivity index (χ3v) is 5.87. The molecule has 2 aromatic heterocycles. The molecule has 0 radical (unpaired) electrons. The van der Waals surface area contributed by atoms with Gasteiger partial charge in [-0.3, -0.25) is 10.1 Å². The number of rotatable bonds is 6. The molecule has 0 aliphatic heterocycles. The van der Waals surface area contributed by atoms with Crippen LogP contribution in [0.5, 0.6) is 0 Å². The second-order valence-electron chi connectivity index (χ2n) is 5.05. The number of benzene rings is 1. The number of nitrogens with one attached hydrogen (secondary N) is 2. The third-order valence-electron chi connectivity index (χ3n) is 3.26. The maximum Gasteiger partial charge on any atom is 0.270 e. The Kier molecular flexibility index (Phi) is 4.93. The molecule has 0 fully saturated rings. The van der Waals surface area contributed by atoms with Crippen molar-refractivity contribution in [2.75, 3.05) is 5.32 Å². The lowest BCUT2D eigenvalue weighted by atomic mass is 10.1. The van der Waals surface area contributed by atoms with Gasteiger partial charge in [0, 0.05) is 5.56 Å². The molecular weight excluding hydrogens is 364 g/mol. The Morgan fingerprint density at radius 1 is 1.20 bits per heavy atom. The molecule has 10 heteroatoms. The Balaban J connectivity index is 1.69. The Hall–Kier alpha value is -2.56. The number of sulfonamides is 1. The van der Waals surface area contributed by atoms with Gasteiger partial charge in [-0.2, -0.15) is 0 Å². The SMILES string of the molecule is Cc1ccccc1C(=O)Nc1nnc(S(=O)(=O)NCc2ccco2)s1. The van der Waals surface area contributed by atoms with Gasteiger partial charge in [0.25, 0.3) is 15.9 Å². The number of carbonyl (C=O) groups excluding carboxylic acids is 1. The van der Waals surface area contributed by atoms with Crippen LogP contribution in [0.2, 0.25) is 0 Å². The van der Waals surface area contributed by atoms with Crippen LogP contribution >= 0.6 is 11.3 Å². The summed E-state index contributed by atoms with van der Waals surface area (Å²) in [6.45, 7) is 1.81. The zero-order valence-corrected chi connectivity index (χ0v) is 14.7. The minimum Gasteiger partial charge on any atom is -0.468 e. The molecule has 130 valence electrons. The Labute approximate surface area is 148 Å². The van der Waals surface area contributed by atoms with Crippen LogP contribution in [0.3, 0.4) is 0 Å². The number of anilines is 1. The lowest BCUT2D eigenvalue weighted by Crippen LogP contribution is -2.22. The standard InChI is InChI=1S/C15H14N4O4S2/c1-10-5-2-3-7-12(10)13(20)17-14-18-19-15(24-14)25(21,22)16-9-11-6-4-8-23-11/h2-8,16H,9H2,1H3,(H,17,18,20). The van der Waals surface area contributed by atoms with Gasteiger partial charge in [0.05, 0.1) is 12.8 Å². The van der Waals surface area contributed by atoms with Crippen molar-refractivity contribution in [3.05, 3.63) is 59.5 Å². The maximum atomic E-state index is 12.2. The van der Waals surface area contributed by atoms with Gasteiger partial charge in [0.2, 0.25) is 9.47 Å². The van der Waals surface area contributed by atoms with Crippen molar-refractivity contribution in [3.8, 4) is 0 Å². The van der Waals surface area contributed by atoms with Crippen LogP contribution in [0.4, 0.5) is 5.13 Å². The van der Waals surface area contributed by atoms with E-state index < -0.39 is 10.0 Å². The second-order valence-corrected chi connectivity index (χ2v) is 7.96. The van der Waals surface area contributed by atoms with Crippen molar-refractivity contribution >= 4 is 32.4 Å². The zero-order chi connectivity index (χ0) is 17.9. The molecule has 0 bridgehead atoms. The predicted molar refractivity (Wildman–Crippen MR) is 91.8 cm³/mol. The third kappa shape index (κ3) is 4.10. The van der Waals surface area contributed by atoms with Gasteiger partial charge in [0.15, 0.2) is 0 Å². The first-order chi connectivity index (χ1) is 12.0. The first-order valence-electron chi connectivity index (χ1n) is 7.18. The molecule has 1 amide bonds. The van der Waals surface area contributed by atoms with Crippen molar-refractivity contribution in [1.29, 1.82) is 0 Å². The van der Waals surface area contributed by atoms with Gasteiger partial charge in [0.1, 0.15) is 5.76 Å². The average Bonchev–Trinajstić information content (AvgIpc) is 3.25. The van der Waals surface area contributed by atoms with E-state index in [4.69, 9.17) is 4.42 Å². The molecule has 0 spiro atoms. The van der Waals surface area contributed by atoms with E-state index in [2.05, 4.69) is 20.2 Å². The smallest absolute Gasteiger partial charge is 0.270 e. The highest BCUT2D eigenvalue weighted by Crippen LogP contribution is 2.21. The van der Waals surface area contributed by atoms with Crippen LogP contribution in [0.1, 0.15) is 21.7 Å². The predicted octanol–water partition coefficient (Wildman–Crippen LogP) is 2.17. The van der Waals surface area contributed by atoms with Gasteiger partial charge in [-0.25, -0.2) is 13.1 Å². The van der Waals surface area contributed by atoms with Crippen molar-refractivity contribution in [2.24, 2.45) is 0 Å². The molecule has 3 aromatic rings. The molecule has 0 saturated carbocycles. The van der Waals surface area contributed by atoms with E-state index in [9.17, 15) is 13.2 Å². The van der Waals surface area contributed by atoms with E-state index >= 15 is 0 Å². The largest absolute Gasteiger partial charge is 0.468 e. The maximum absolute atomic E-state index is 12.2. The molecule has 25 heavy (non-hydrogen) atoms. The first kappa shape index (κ1) is 17.3. The number of nitrogens with zero attached hydrogens (tertiary/aromatic N) is 2. The minimum atomic E-state index is -3.84. The molecule has 0 atom stereocenters. The van der Waals surface area contributed by atoms with Gasteiger partial charge < -0.3 is 4.42 Å². The van der Waals surface area contributed by atoms with E-state index in [1.165, 1.54) is 6.26 Å². The zero-order valence-electron chi connectivity index (χ0n) is 13.1. The fraction of sp³-hybridized carbons (Fsp3) is 0.133. The molecule has 2 heterocycles. The molecule has 0 aliphatic carbocycles. The van der Waals surface area contributed by atoms with Crippen LogP contribution in [-0.2, 0) is 16.6 Å². The summed E-state index contributed by atoms with van der Waals surface area (Å²) < 4.78 is 31.6. The number of carbonyl (C=O) groups is 1. The number of hydrogen-bond donors (Lipinski definition) is 2. The lowest BCUT2D eigenvalue weighted by Gasteiger charge is -2.04. The molecular formula is C15H14N4O4S2. The Morgan fingerprint density at radius 3 is 2.72 bits per heavy atom. The summed E-state index contributed by atoms with van der Waals surface area (Å²) in [7, 11) is -3.84. The number of furan rings is 1. The quantitative estimate of drug-likeness (QED) is 0.636. The molecule has 3 rings (SSSR count). The Morgan fingerprint density at radius 2 is 2.00 bits per heavy atom. The van der Waals surface area contributed by atoms with Crippen LogP contribution in [0.15, 0.2) is 51.4 Å². The number of aromatic nitrogens is 2. The summed E-state index contributed by atoms with van der Waals surface area (Å²) in [6, 6.07) is 10.4. The Bertz CT molecular complexity index is 981. The fourth-order valence-corrected chi connectivity index (χ4v) is 3.93. The van der Waals surface area contributed by atoms with E-state index in [1.54, 1.807) is 24.3 Å². The number of hydrogen-bond acceptors (Lipinski definition) is 7. The lowest BCUT2D eigenvalue weighted by molar-refractivity contribution is 0.102. The summed E-state index contributed by atoms with van der Waals surface area (Å²) in [4.78, 5) is 12.2. The number of aryl methyl sites for hydroxylation is 1. The average molecular weight is 378 g/mol. The van der Waals surface area contributed by atoms with E-state index in [1.807, 2.05) is 19.1 Å². The topological polar surface area (TPSA) is 114 Å². The monoisotopic (exact) mass is 378 g/mol. The summed E-state index contributed by atoms with van der Waals surface area (Å²) >= 11 is 0.771. The summed E-state index contributed by atoms with van der Waals surface area (Å²) in [5.74, 6) is 0.0999. The summed E-state index contributed by atoms with van der Waals surface area (Å²) in [6.07, 6.45) is 1.45. The van der Waals surface area contributed by atoms with Gasteiger partial charge in [-0.1, -0.05) is 29.5 Å². The van der Waals surface area contributed by atoms with Crippen molar-refractivity contribution in [1.82, 2.24) is 14.9 Å². The van der Waals surface area contributed by atoms with Crippen LogP contribution < -0.4 is 10.0 Å². The first-order valence-corrected chi connectivity index (χ1v) is 9.48. The second kappa shape index (κ2) is 7.13. The van der Waals surface area contributed by atoms with Gasteiger partial charge >= 0.3 is 0 Å². The van der Waals surface area contributed by atoms with Gasteiger partial charge in [-0.05, 0) is 30.7 Å². The van der Waals surface area contributed by atoms with Gasteiger partial charge in [-0.15, -0.1) is 10.2 Å². The molecule has 2 N–H and O–H groups in total. The van der Waals surface area contributed by atoms with Crippen molar-refractivity contribution in [2.45, 2.75) is 17.8 Å². The fourth-order valence-electron chi connectivity index (χ4n) is 2.00. The van der Waals surface area contributed by atoms with Crippen LogP contribution in [0.25, 0.3) is 0 Å². The molecule has 8 nitrogen and oxygen atoms in total. The summed E-state index contributed by atoms with van der Waals surface area (Å²) in [5.41, 5.74) is 1.29.